The Morgan fingerprint density at radius 3 is 2.62 bits per heavy atom. The molecule has 4 nitrogen and oxygen atoms in total. The normalized spacial score (nSPS) is 17.0. The molecule has 1 atom stereocenters. The van der Waals surface area contributed by atoms with Gasteiger partial charge in [-0.2, -0.15) is 0 Å². The van der Waals surface area contributed by atoms with Crippen LogP contribution < -0.4 is 5.32 Å². The highest BCUT2D eigenvalue weighted by Gasteiger charge is 2.49. The fourth-order valence-electron chi connectivity index (χ4n) is 2.47. The predicted molar refractivity (Wildman–Crippen MR) is 76.2 cm³/mol. The lowest BCUT2D eigenvalue weighted by molar-refractivity contribution is -0.138. The first-order valence-corrected chi connectivity index (χ1v) is 7.16. The van der Waals surface area contributed by atoms with Gasteiger partial charge in [-0.25, -0.2) is 4.39 Å². The van der Waals surface area contributed by atoms with Crippen LogP contribution in [0.5, 0.6) is 0 Å². The van der Waals surface area contributed by atoms with Gasteiger partial charge in [0.25, 0.3) is 0 Å². The number of nitrogens with one attached hydrogen (secondary N) is 1. The second-order valence-electron chi connectivity index (χ2n) is 5.96. The number of carboxylic acids is 1. The second-order valence-corrected chi connectivity index (χ2v) is 5.96. The second kappa shape index (κ2) is 6.24. The Kier molecular flexibility index (Phi) is 4.60. The minimum absolute atomic E-state index is 0.0284. The van der Waals surface area contributed by atoms with Gasteiger partial charge < -0.3 is 10.4 Å². The molecule has 1 unspecified atom stereocenters. The molecule has 1 fully saturated rings. The predicted octanol–water partition coefficient (Wildman–Crippen LogP) is 2.38. The average Bonchev–Trinajstić information content (AvgIpc) is 3.19. The van der Waals surface area contributed by atoms with Gasteiger partial charge in [0.05, 0.1) is 5.41 Å². The molecule has 2 N–H and O–H groups in total. The number of carbonyl (C=O) groups is 2. The van der Waals surface area contributed by atoms with Crippen molar-refractivity contribution in [2.24, 2.45) is 11.3 Å². The van der Waals surface area contributed by atoms with Crippen LogP contribution in [0.2, 0.25) is 0 Å². The zero-order chi connectivity index (χ0) is 15.5. The van der Waals surface area contributed by atoms with E-state index in [1.807, 2.05) is 0 Å². The summed E-state index contributed by atoms with van der Waals surface area (Å²) >= 11 is 0. The minimum atomic E-state index is -0.871. The summed E-state index contributed by atoms with van der Waals surface area (Å²) in [5.74, 6) is -1.36. The molecule has 0 saturated heterocycles. The van der Waals surface area contributed by atoms with Crippen molar-refractivity contribution >= 4 is 11.9 Å². The molecule has 1 aliphatic carbocycles. The maximum absolute atomic E-state index is 13.7. The van der Waals surface area contributed by atoms with E-state index in [2.05, 4.69) is 5.32 Å². The maximum atomic E-state index is 13.7. The number of halogens is 1. The summed E-state index contributed by atoms with van der Waals surface area (Å²) in [6.07, 6.45) is 1.93. The third-order valence-electron chi connectivity index (χ3n) is 3.96. The topological polar surface area (TPSA) is 66.4 Å². The van der Waals surface area contributed by atoms with Crippen molar-refractivity contribution in [1.29, 1.82) is 0 Å². The van der Waals surface area contributed by atoms with Crippen molar-refractivity contribution in [2.45, 2.75) is 32.6 Å². The lowest BCUT2D eigenvalue weighted by Crippen LogP contribution is -2.36. The molecule has 1 amide bonds. The average molecular weight is 293 g/mol. The molecule has 0 aliphatic heterocycles. The van der Waals surface area contributed by atoms with E-state index in [9.17, 15) is 14.0 Å². The van der Waals surface area contributed by atoms with Crippen LogP contribution in [0.3, 0.4) is 0 Å². The fourth-order valence-corrected chi connectivity index (χ4v) is 2.47. The first-order chi connectivity index (χ1) is 9.93. The third kappa shape index (κ3) is 4.03. The number of aliphatic carboxylic acids is 1. The summed E-state index contributed by atoms with van der Waals surface area (Å²) in [7, 11) is 0. The van der Waals surface area contributed by atoms with Crippen LogP contribution in [0, 0.1) is 17.2 Å². The first kappa shape index (κ1) is 15.5. The summed E-state index contributed by atoms with van der Waals surface area (Å²) in [6, 6.07) is 6.50. The fraction of sp³-hybridized carbons (Fsp3) is 0.500. The molecule has 21 heavy (non-hydrogen) atoms. The Bertz CT molecular complexity index is 540. The number of carbonyl (C=O) groups excluding carboxylic acids is 1. The third-order valence-corrected chi connectivity index (χ3v) is 3.96. The zero-order valence-corrected chi connectivity index (χ0v) is 12.1. The van der Waals surface area contributed by atoms with Crippen molar-refractivity contribution in [3.05, 3.63) is 35.6 Å². The van der Waals surface area contributed by atoms with E-state index in [4.69, 9.17) is 5.11 Å². The highest BCUT2D eigenvalue weighted by atomic mass is 19.1. The standard InChI is InChI=1S/C16H20FNO3/c1-11(8-14(19)20)10-18-15(21)16(6-7-16)9-12-4-2-3-5-13(12)17/h2-5,11H,6-10H2,1H3,(H,18,21)(H,19,20). The van der Waals surface area contributed by atoms with Crippen LogP contribution in [0.25, 0.3) is 0 Å². The molecular weight excluding hydrogens is 273 g/mol. The monoisotopic (exact) mass is 293 g/mol. The summed E-state index contributed by atoms with van der Waals surface area (Å²) in [6.45, 7) is 2.12. The van der Waals surface area contributed by atoms with Crippen LogP contribution in [-0.4, -0.2) is 23.5 Å². The molecule has 0 bridgehead atoms. The van der Waals surface area contributed by atoms with Gasteiger partial charge in [0.15, 0.2) is 0 Å². The molecule has 0 radical (unpaired) electrons. The van der Waals surface area contributed by atoms with Crippen LogP contribution in [-0.2, 0) is 16.0 Å². The van der Waals surface area contributed by atoms with Crippen LogP contribution in [0.4, 0.5) is 4.39 Å². The SMILES string of the molecule is CC(CNC(=O)C1(Cc2ccccc2F)CC1)CC(=O)O. The highest BCUT2D eigenvalue weighted by molar-refractivity contribution is 5.85. The van der Waals surface area contributed by atoms with Crippen molar-refractivity contribution in [3.63, 3.8) is 0 Å². The summed E-state index contributed by atoms with van der Waals surface area (Å²) in [5.41, 5.74) is 0.0502. The van der Waals surface area contributed by atoms with E-state index in [1.54, 1.807) is 25.1 Å². The number of rotatable bonds is 7. The zero-order valence-electron chi connectivity index (χ0n) is 12.1. The Labute approximate surface area is 123 Å². The number of carboxylic acid groups (broad SMARTS) is 1. The molecule has 0 spiro atoms. The number of hydrogen-bond donors (Lipinski definition) is 2. The first-order valence-electron chi connectivity index (χ1n) is 7.16. The van der Waals surface area contributed by atoms with Crippen LogP contribution in [0.1, 0.15) is 31.7 Å². The van der Waals surface area contributed by atoms with Crippen molar-refractivity contribution in [3.8, 4) is 0 Å². The van der Waals surface area contributed by atoms with E-state index in [-0.39, 0.29) is 24.1 Å². The molecule has 1 saturated carbocycles. The molecule has 2 rings (SSSR count). The van der Waals surface area contributed by atoms with E-state index >= 15 is 0 Å². The van der Waals surface area contributed by atoms with Crippen LogP contribution in [0.15, 0.2) is 24.3 Å². The van der Waals surface area contributed by atoms with Gasteiger partial charge >= 0.3 is 5.97 Å². The van der Waals surface area contributed by atoms with Gasteiger partial charge in [-0.1, -0.05) is 25.1 Å². The molecule has 1 aliphatic rings. The van der Waals surface area contributed by atoms with Gasteiger partial charge in [0, 0.05) is 13.0 Å². The van der Waals surface area contributed by atoms with Gasteiger partial charge in [-0.15, -0.1) is 0 Å². The lowest BCUT2D eigenvalue weighted by atomic mass is 9.95. The summed E-state index contributed by atoms with van der Waals surface area (Å²) < 4.78 is 13.7. The molecular formula is C16H20FNO3. The van der Waals surface area contributed by atoms with E-state index in [1.165, 1.54) is 6.07 Å². The number of hydrogen-bond acceptors (Lipinski definition) is 2. The summed E-state index contributed by atoms with van der Waals surface area (Å²) in [5, 5.41) is 11.5. The largest absolute Gasteiger partial charge is 0.481 e. The molecule has 1 aromatic rings. The van der Waals surface area contributed by atoms with E-state index in [0.717, 1.165) is 12.8 Å². The van der Waals surface area contributed by atoms with Crippen molar-refractivity contribution in [1.82, 2.24) is 5.32 Å². The minimum Gasteiger partial charge on any atom is -0.481 e. The van der Waals surface area contributed by atoms with Gasteiger partial charge in [0.2, 0.25) is 5.91 Å². The van der Waals surface area contributed by atoms with Crippen LogP contribution >= 0.6 is 0 Å². The van der Waals surface area contributed by atoms with Gasteiger partial charge in [-0.05, 0) is 36.8 Å². The lowest BCUT2D eigenvalue weighted by Gasteiger charge is -2.17. The Morgan fingerprint density at radius 1 is 1.38 bits per heavy atom. The molecule has 5 heteroatoms. The van der Waals surface area contributed by atoms with Gasteiger partial charge in [-0.3, -0.25) is 9.59 Å². The van der Waals surface area contributed by atoms with E-state index in [0.29, 0.717) is 18.5 Å². The molecule has 0 heterocycles. The molecule has 0 aromatic heterocycles. The smallest absolute Gasteiger partial charge is 0.303 e. The molecule has 1 aromatic carbocycles. The number of amides is 1. The van der Waals surface area contributed by atoms with E-state index < -0.39 is 11.4 Å². The number of benzene rings is 1. The Hall–Kier alpha value is -1.91. The molecule has 114 valence electrons. The Balaban J connectivity index is 1.90. The summed E-state index contributed by atoms with van der Waals surface area (Å²) in [4.78, 5) is 22.8. The maximum Gasteiger partial charge on any atom is 0.303 e. The quantitative estimate of drug-likeness (QED) is 0.811. The Morgan fingerprint density at radius 2 is 2.05 bits per heavy atom. The highest BCUT2D eigenvalue weighted by Crippen LogP contribution is 2.48. The van der Waals surface area contributed by atoms with Crippen molar-refractivity contribution < 1.29 is 19.1 Å². The van der Waals surface area contributed by atoms with Gasteiger partial charge in [0.1, 0.15) is 5.82 Å². The van der Waals surface area contributed by atoms with Crippen molar-refractivity contribution in [2.75, 3.05) is 6.54 Å².